The lowest BCUT2D eigenvalue weighted by Gasteiger charge is -2.26. The van der Waals surface area contributed by atoms with E-state index < -0.39 is 5.97 Å². The molecule has 6 nitrogen and oxygen atoms in total. The summed E-state index contributed by atoms with van der Waals surface area (Å²) in [5.74, 6) is -1.22. The quantitative estimate of drug-likeness (QED) is 0.615. The summed E-state index contributed by atoms with van der Waals surface area (Å²) in [5, 5.41) is 23.3. The van der Waals surface area contributed by atoms with Crippen molar-refractivity contribution < 1.29 is 14.6 Å². The van der Waals surface area contributed by atoms with Crippen molar-refractivity contribution in [2.45, 2.75) is 0 Å². The Bertz CT molecular complexity index is 864. The number of nitrogens with one attached hydrogen (secondary N) is 1. The summed E-state index contributed by atoms with van der Waals surface area (Å²) in [4.78, 5) is 13.3. The Labute approximate surface area is 152 Å². The van der Waals surface area contributed by atoms with E-state index in [1.807, 2.05) is 30.3 Å². The summed E-state index contributed by atoms with van der Waals surface area (Å²) in [5.41, 5.74) is 1.48. The van der Waals surface area contributed by atoms with E-state index in [1.54, 1.807) is 6.07 Å². The molecule has 1 heterocycles. The fourth-order valence-corrected chi connectivity index (χ4v) is 2.96. The average Bonchev–Trinajstić information content (AvgIpc) is 2.66. The number of nitriles is 1. The van der Waals surface area contributed by atoms with Gasteiger partial charge in [-0.2, -0.15) is 5.26 Å². The molecular formula is C20H21N3O3. The van der Waals surface area contributed by atoms with Gasteiger partial charge in [-0.05, 0) is 40.6 Å². The number of benzene rings is 2. The molecule has 0 radical (unpaired) electrons. The molecule has 2 N–H and O–H groups in total. The van der Waals surface area contributed by atoms with Crippen LogP contribution in [0.1, 0.15) is 5.56 Å². The number of aliphatic carboxylic acids is 1. The second kappa shape index (κ2) is 8.48. The van der Waals surface area contributed by atoms with Gasteiger partial charge in [0.25, 0.3) is 0 Å². The Morgan fingerprint density at radius 1 is 1.23 bits per heavy atom. The van der Waals surface area contributed by atoms with Crippen LogP contribution in [0.25, 0.3) is 16.8 Å². The van der Waals surface area contributed by atoms with Gasteiger partial charge in [0.1, 0.15) is 11.6 Å². The topological polar surface area (TPSA) is 85.6 Å². The molecule has 0 unspecified atom stereocenters. The Balaban J connectivity index is 1.66. The second-order valence-electron chi connectivity index (χ2n) is 6.18. The first-order valence-electron chi connectivity index (χ1n) is 8.58. The van der Waals surface area contributed by atoms with Gasteiger partial charge in [-0.15, -0.1) is 0 Å². The SMILES string of the molecule is N#CC(=Cc1ccc2cc(NCCN3CCOCC3)ccc2c1)C(=O)O. The van der Waals surface area contributed by atoms with E-state index >= 15 is 0 Å². The highest BCUT2D eigenvalue weighted by atomic mass is 16.5. The first-order valence-corrected chi connectivity index (χ1v) is 8.58. The van der Waals surface area contributed by atoms with Gasteiger partial charge in [-0.3, -0.25) is 4.90 Å². The normalized spacial score (nSPS) is 15.6. The molecule has 2 aromatic rings. The maximum atomic E-state index is 10.9. The smallest absolute Gasteiger partial charge is 0.346 e. The van der Waals surface area contributed by atoms with E-state index in [1.165, 1.54) is 6.08 Å². The lowest BCUT2D eigenvalue weighted by Crippen LogP contribution is -2.38. The number of carbonyl (C=O) groups is 1. The van der Waals surface area contributed by atoms with E-state index in [0.29, 0.717) is 5.56 Å². The predicted octanol–water partition coefficient (Wildman–Crippen LogP) is 2.58. The first-order chi connectivity index (χ1) is 12.7. The monoisotopic (exact) mass is 351 g/mol. The average molecular weight is 351 g/mol. The molecule has 0 amide bonds. The van der Waals surface area contributed by atoms with Gasteiger partial charge in [0, 0.05) is 31.9 Å². The number of hydrogen-bond donors (Lipinski definition) is 2. The molecule has 1 aliphatic heterocycles. The zero-order valence-corrected chi connectivity index (χ0v) is 14.4. The number of carboxylic acid groups (broad SMARTS) is 1. The first kappa shape index (κ1) is 17.9. The third-order valence-electron chi connectivity index (χ3n) is 4.39. The third-order valence-corrected chi connectivity index (χ3v) is 4.39. The standard InChI is InChI=1S/C20H21N3O3/c21-14-18(20(24)25)12-15-1-2-17-13-19(4-3-16(17)11-15)22-5-6-23-7-9-26-10-8-23/h1-4,11-13,22H,5-10H2,(H,24,25). The van der Waals surface area contributed by atoms with Crippen LogP contribution in [-0.2, 0) is 9.53 Å². The van der Waals surface area contributed by atoms with Gasteiger partial charge in [0.05, 0.1) is 13.2 Å². The van der Waals surface area contributed by atoms with Gasteiger partial charge in [0.15, 0.2) is 0 Å². The van der Waals surface area contributed by atoms with Crippen LogP contribution >= 0.6 is 0 Å². The number of carboxylic acids is 1. The van der Waals surface area contributed by atoms with Crippen molar-refractivity contribution in [3.63, 3.8) is 0 Å². The summed E-state index contributed by atoms with van der Waals surface area (Å²) in [6, 6.07) is 13.4. The lowest BCUT2D eigenvalue weighted by molar-refractivity contribution is -0.132. The van der Waals surface area contributed by atoms with E-state index in [2.05, 4.69) is 16.3 Å². The molecular weight excluding hydrogens is 330 g/mol. The van der Waals surface area contributed by atoms with Crippen LogP contribution in [0.3, 0.4) is 0 Å². The number of hydrogen-bond acceptors (Lipinski definition) is 5. The molecule has 134 valence electrons. The Kier molecular flexibility index (Phi) is 5.84. The van der Waals surface area contributed by atoms with E-state index in [4.69, 9.17) is 15.1 Å². The molecule has 1 aliphatic rings. The van der Waals surface area contributed by atoms with Crippen molar-refractivity contribution in [1.29, 1.82) is 5.26 Å². The highest BCUT2D eigenvalue weighted by molar-refractivity contribution is 5.97. The van der Waals surface area contributed by atoms with Crippen LogP contribution < -0.4 is 5.32 Å². The highest BCUT2D eigenvalue weighted by Crippen LogP contribution is 2.22. The predicted molar refractivity (Wildman–Crippen MR) is 101 cm³/mol. The van der Waals surface area contributed by atoms with Crippen molar-refractivity contribution in [1.82, 2.24) is 4.90 Å². The minimum atomic E-state index is -1.22. The minimum Gasteiger partial charge on any atom is -0.477 e. The molecule has 26 heavy (non-hydrogen) atoms. The van der Waals surface area contributed by atoms with Crippen LogP contribution in [0.4, 0.5) is 5.69 Å². The van der Waals surface area contributed by atoms with Crippen molar-refractivity contribution in [2.75, 3.05) is 44.7 Å². The number of ether oxygens (including phenoxy) is 1. The number of anilines is 1. The molecule has 0 saturated carbocycles. The molecule has 0 aliphatic carbocycles. The molecule has 0 bridgehead atoms. The van der Waals surface area contributed by atoms with Crippen LogP contribution in [0.5, 0.6) is 0 Å². The lowest BCUT2D eigenvalue weighted by atomic mass is 10.0. The number of fused-ring (bicyclic) bond motifs is 1. The minimum absolute atomic E-state index is 0.272. The van der Waals surface area contributed by atoms with Crippen molar-refractivity contribution in [3.05, 3.63) is 47.5 Å². The van der Waals surface area contributed by atoms with E-state index in [0.717, 1.165) is 55.9 Å². The van der Waals surface area contributed by atoms with Gasteiger partial charge in [-0.25, -0.2) is 4.79 Å². The van der Waals surface area contributed by atoms with Crippen molar-refractivity contribution >= 4 is 28.5 Å². The van der Waals surface area contributed by atoms with Gasteiger partial charge >= 0.3 is 5.97 Å². The van der Waals surface area contributed by atoms with E-state index in [-0.39, 0.29) is 5.57 Å². The second-order valence-corrected chi connectivity index (χ2v) is 6.18. The van der Waals surface area contributed by atoms with Gasteiger partial charge < -0.3 is 15.2 Å². The number of nitrogens with zero attached hydrogens (tertiary/aromatic N) is 2. The molecule has 0 aromatic heterocycles. The largest absolute Gasteiger partial charge is 0.477 e. The van der Waals surface area contributed by atoms with Crippen LogP contribution in [0.15, 0.2) is 42.0 Å². The summed E-state index contributed by atoms with van der Waals surface area (Å²) in [7, 11) is 0. The Morgan fingerprint density at radius 3 is 2.69 bits per heavy atom. The van der Waals surface area contributed by atoms with Crippen LogP contribution in [0.2, 0.25) is 0 Å². The van der Waals surface area contributed by atoms with E-state index in [9.17, 15) is 4.79 Å². The fourth-order valence-electron chi connectivity index (χ4n) is 2.96. The van der Waals surface area contributed by atoms with Crippen LogP contribution in [0, 0.1) is 11.3 Å². The molecule has 0 spiro atoms. The summed E-state index contributed by atoms with van der Waals surface area (Å²) >= 11 is 0. The molecule has 1 saturated heterocycles. The zero-order valence-electron chi connectivity index (χ0n) is 14.4. The zero-order chi connectivity index (χ0) is 18.4. The Morgan fingerprint density at radius 2 is 1.96 bits per heavy atom. The highest BCUT2D eigenvalue weighted by Gasteiger charge is 2.09. The van der Waals surface area contributed by atoms with Gasteiger partial charge in [-0.1, -0.05) is 18.2 Å². The molecule has 6 heteroatoms. The fraction of sp³-hybridized carbons (Fsp3) is 0.300. The van der Waals surface area contributed by atoms with Crippen molar-refractivity contribution in [2.24, 2.45) is 0 Å². The van der Waals surface area contributed by atoms with Crippen LogP contribution in [-0.4, -0.2) is 55.4 Å². The molecule has 0 atom stereocenters. The van der Waals surface area contributed by atoms with Gasteiger partial charge in [0.2, 0.25) is 0 Å². The third kappa shape index (κ3) is 4.60. The summed E-state index contributed by atoms with van der Waals surface area (Å²) in [6.45, 7) is 5.44. The molecule has 2 aromatic carbocycles. The maximum absolute atomic E-state index is 10.9. The maximum Gasteiger partial charge on any atom is 0.346 e. The molecule has 3 rings (SSSR count). The molecule has 1 fully saturated rings. The number of morpholine rings is 1. The number of rotatable bonds is 6. The Hall–Kier alpha value is -2.88. The summed E-state index contributed by atoms with van der Waals surface area (Å²) in [6.07, 6.45) is 1.39. The van der Waals surface area contributed by atoms with Crippen molar-refractivity contribution in [3.8, 4) is 6.07 Å². The summed E-state index contributed by atoms with van der Waals surface area (Å²) < 4.78 is 5.35.